The van der Waals surface area contributed by atoms with Crippen LogP contribution < -0.4 is 5.32 Å². The van der Waals surface area contributed by atoms with Gasteiger partial charge in [-0.05, 0) is 23.8 Å². The van der Waals surface area contributed by atoms with Gasteiger partial charge in [-0.2, -0.15) is 11.3 Å². The maximum Gasteiger partial charge on any atom is 0.263 e. The molecule has 3 aromatic rings. The van der Waals surface area contributed by atoms with Gasteiger partial charge >= 0.3 is 0 Å². The summed E-state index contributed by atoms with van der Waals surface area (Å²) in [5.74, 6) is 2.00. The fourth-order valence-electron chi connectivity index (χ4n) is 3.04. The van der Waals surface area contributed by atoms with E-state index >= 15 is 0 Å². The van der Waals surface area contributed by atoms with E-state index in [2.05, 4.69) is 38.9 Å². The lowest BCUT2D eigenvalue weighted by Crippen LogP contribution is -2.33. The first kappa shape index (κ1) is 16.4. The van der Waals surface area contributed by atoms with Crippen molar-refractivity contribution in [3.63, 3.8) is 0 Å². The minimum atomic E-state index is -0.154. The summed E-state index contributed by atoms with van der Waals surface area (Å²) in [5, 5.41) is 16.7. The Morgan fingerprint density at radius 1 is 1.36 bits per heavy atom. The van der Waals surface area contributed by atoms with Crippen LogP contribution in [-0.4, -0.2) is 25.7 Å². The van der Waals surface area contributed by atoms with Gasteiger partial charge in [-0.3, -0.25) is 4.79 Å². The molecule has 0 aliphatic carbocycles. The number of aryl methyl sites for hydroxylation is 1. The zero-order valence-electron chi connectivity index (χ0n) is 14.1. The van der Waals surface area contributed by atoms with Crippen molar-refractivity contribution in [2.75, 3.05) is 0 Å². The highest BCUT2D eigenvalue weighted by atomic mass is 32.1. The summed E-state index contributed by atoms with van der Waals surface area (Å²) < 4.78 is 2.15. The second kappa shape index (κ2) is 6.68. The number of thiazole rings is 1. The Bertz CT molecular complexity index is 881. The molecule has 0 radical (unpaired) electrons. The van der Waals surface area contributed by atoms with Crippen LogP contribution >= 0.6 is 22.7 Å². The molecular weight excluding hydrogens is 354 g/mol. The van der Waals surface area contributed by atoms with Crippen molar-refractivity contribution in [2.24, 2.45) is 5.92 Å². The van der Waals surface area contributed by atoms with E-state index in [0.717, 1.165) is 41.6 Å². The van der Waals surface area contributed by atoms with Crippen molar-refractivity contribution in [1.29, 1.82) is 0 Å². The van der Waals surface area contributed by atoms with E-state index in [4.69, 9.17) is 0 Å². The molecule has 3 aromatic heterocycles. The number of nitrogens with one attached hydrogen (secondary N) is 1. The average Bonchev–Trinajstić information content (AvgIpc) is 3.36. The second-order valence-electron chi connectivity index (χ2n) is 6.47. The third-order valence-corrected chi connectivity index (χ3v) is 6.10. The van der Waals surface area contributed by atoms with E-state index < -0.39 is 0 Å². The molecule has 6 nitrogen and oxygen atoms in total. The Hall–Kier alpha value is -2.06. The Labute approximate surface area is 153 Å². The van der Waals surface area contributed by atoms with Gasteiger partial charge in [-0.15, -0.1) is 21.5 Å². The molecule has 0 spiro atoms. The summed E-state index contributed by atoms with van der Waals surface area (Å²) in [4.78, 5) is 17.7. The Balaban J connectivity index is 1.55. The third kappa shape index (κ3) is 3.11. The molecule has 0 saturated carbocycles. The lowest BCUT2D eigenvalue weighted by atomic mass is 10.0. The summed E-state index contributed by atoms with van der Waals surface area (Å²) >= 11 is 3.04. The molecule has 1 aliphatic rings. The van der Waals surface area contributed by atoms with E-state index in [1.165, 1.54) is 11.3 Å². The number of hydrogen-bond donors (Lipinski definition) is 1. The quantitative estimate of drug-likeness (QED) is 0.742. The van der Waals surface area contributed by atoms with Gasteiger partial charge in [0.05, 0.1) is 12.2 Å². The normalized spacial score (nSPS) is 14.7. The van der Waals surface area contributed by atoms with Crippen LogP contribution in [0.25, 0.3) is 10.6 Å². The molecule has 0 fully saturated rings. The number of amides is 1. The highest BCUT2D eigenvalue weighted by molar-refractivity contribution is 7.17. The molecule has 0 unspecified atom stereocenters. The zero-order chi connectivity index (χ0) is 17.4. The maximum atomic E-state index is 12.7. The van der Waals surface area contributed by atoms with Crippen molar-refractivity contribution in [3.8, 4) is 10.6 Å². The molecule has 1 aliphatic heterocycles. The van der Waals surface area contributed by atoms with Crippen LogP contribution in [0.1, 0.15) is 47.6 Å². The fourth-order valence-corrected chi connectivity index (χ4v) is 4.57. The van der Waals surface area contributed by atoms with Crippen molar-refractivity contribution >= 4 is 28.6 Å². The first-order valence-electron chi connectivity index (χ1n) is 8.34. The predicted molar refractivity (Wildman–Crippen MR) is 98.8 cm³/mol. The first-order valence-corrected chi connectivity index (χ1v) is 10.1. The van der Waals surface area contributed by atoms with Crippen LogP contribution in [-0.2, 0) is 13.0 Å². The number of carbonyl (C=O) groups is 1. The molecule has 0 bridgehead atoms. The van der Waals surface area contributed by atoms with E-state index in [1.807, 2.05) is 16.8 Å². The lowest BCUT2D eigenvalue weighted by molar-refractivity contribution is 0.0926. The van der Waals surface area contributed by atoms with Gasteiger partial charge in [0.1, 0.15) is 15.7 Å². The minimum Gasteiger partial charge on any atom is -0.341 e. The van der Waals surface area contributed by atoms with Gasteiger partial charge in [0, 0.05) is 23.9 Å². The molecular formula is C17H19N5OS2. The van der Waals surface area contributed by atoms with Gasteiger partial charge < -0.3 is 9.88 Å². The standard InChI is InChI=1S/C17H19N5OS2/c1-10(2)14(15-21-20-13-4-3-6-22(13)15)19-16(23)12-8-18-17(25-12)11-5-7-24-9-11/h5,7-10,14H,3-4,6H2,1-2H3,(H,19,23)/t14-/m0/s1. The number of thiophene rings is 1. The number of carbonyl (C=O) groups excluding carboxylic acids is 1. The van der Waals surface area contributed by atoms with Crippen molar-refractivity contribution in [2.45, 2.75) is 39.3 Å². The second-order valence-corrected chi connectivity index (χ2v) is 8.28. The summed E-state index contributed by atoms with van der Waals surface area (Å²) in [7, 11) is 0. The van der Waals surface area contributed by atoms with Crippen molar-refractivity contribution in [3.05, 3.63) is 39.5 Å². The molecule has 0 aromatic carbocycles. The Morgan fingerprint density at radius 3 is 3.00 bits per heavy atom. The minimum absolute atomic E-state index is 0.104. The summed E-state index contributed by atoms with van der Waals surface area (Å²) in [6.45, 7) is 5.11. The molecule has 4 rings (SSSR count). The number of rotatable bonds is 5. The highest BCUT2D eigenvalue weighted by Crippen LogP contribution is 2.29. The summed E-state index contributed by atoms with van der Waals surface area (Å²) in [6, 6.07) is 1.86. The molecule has 1 amide bonds. The van der Waals surface area contributed by atoms with E-state index in [9.17, 15) is 4.79 Å². The molecule has 0 saturated heterocycles. The van der Waals surface area contributed by atoms with E-state index in [-0.39, 0.29) is 17.9 Å². The average molecular weight is 374 g/mol. The van der Waals surface area contributed by atoms with Crippen LogP contribution in [0.4, 0.5) is 0 Å². The van der Waals surface area contributed by atoms with Gasteiger partial charge in [0.15, 0.2) is 5.82 Å². The van der Waals surface area contributed by atoms with Gasteiger partial charge in [-0.25, -0.2) is 4.98 Å². The van der Waals surface area contributed by atoms with E-state index in [1.54, 1.807) is 17.5 Å². The molecule has 1 atom stereocenters. The van der Waals surface area contributed by atoms with Gasteiger partial charge in [-0.1, -0.05) is 13.8 Å². The van der Waals surface area contributed by atoms with Crippen LogP contribution in [0.5, 0.6) is 0 Å². The monoisotopic (exact) mass is 373 g/mol. The Kier molecular flexibility index (Phi) is 4.39. The summed E-state index contributed by atoms with van der Waals surface area (Å²) in [5.41, 5.74) is 1.06. The maximum absolute atomic E-state index is 12.7. The fraction of sp³-hybridized carbons (Fsp3) is 0.412. The molecule has 1 N–H and O–H groups in total. The number of hydrogen-bond acceptors (Lipinski definition) is 6. The van der Waals surface area contributed by atoms with Crippen LogP contribution in [0.2, 0.25) is 0 Å². The third-order valence-electron chi connectivity index (χ3n) is 4.37. The lowest BCUT2D eigenvalue weighted by Gasteiger charge is -2.21. The number of nitrogens with zero attached hydrogens (tertiary/aromatic N) is 4. The van der Waals surface area contributed by atoms with Crippen molar-refractivity contribution in [1.82, 2.24) is 25.1 Å². The molecule has 4 heterocycles. The number of fused-ring (bicyclic) bond motifs is 1. The summed E-state index contributed by atoms with van der Waals surface area (Å²) in [6.07, 6.45) is 3.71. The van der Waals surface area contributed by atoms with Gasteiger partial charge in [0.25, 0.3) is 5.91 Å². The molecule has 25 heavy (non-hydrogen) atoms. The Morgan fingerprint density at radius 2 is 2.24 bits per heavy atom. The van der Waals surface area contributed by atoms with Crippen LogP contribution in [0, 0.1) is 5.92 Å². The predicted octanol–water partition coefficient (Wildman–Crippen LogP) is 3.54. The highest BCUT2D eigenvalue weighted by Gasteiger charge is 2.28. The van der Waals surface area contributed by atoms with Crippen LogP contribution in [0.3, 0.4) is 0 Å². The topological polar surface area (TPSA) is 72.7 Å². The largest absolute Gasteiger partial charge is 0.341 e. The zero-order valence-corrected chi connectivity index (χ0v) is 15.7. The SMILES string of the molecule is CC(C)[C@H](NC(=O)c1cnc(-c2ccsc2)s1)c1nnc2n1CCC2. The number of aromatic nitrogens is 4. The molecule has 8 heteroatoms. The first-order chi connectivity index (χ1) is 12.1. The van der Waals surface area contributed by atoms with Crippen LogP contribution in [0.15, 0.2) is 23.0 Å². The van der Waals surface area contributed by atoms with E-state index in [0.29, 0.717) is 4.88 Å². The molecule has 130 valence electrons. The smallest absolute Gasteiger partial charge is 0.263 e. The van der Waals surface area contributed by atoms with Crippen molar-refractivity contribution < 1.29 is 4.79 Å². The van der Waals surface area contributed by atoms with Gasteiger partial charge in [0.2, 0.25) is 0 Å².